The van der Waals surface area contributed by atoms with E-state index in [9.17, 15) is 9.18 Å². The number of para-hydroxylation sites is 1. The van der Waals surface area contributed by atoms with Crippen molar-refractivity contribution in [3.63, 3.8) is 0 Å². The zero-order chi connectivity index (χ0) is 25.1. The van der Waals surface area contributed by atoms with E-state index >= 15 is 0 Å². The van der Waals surface area contributed by atoms with Crippen LogP contribution in [0.25, 0.3) is 11.4 Å². The minimum atomic E-state index is -0.222. The minimum Gasteiger partial charge on any atom is -0.493 e. The van der Waals surface area contributed by atoms with Crippen molar-refractivity contribution in [1.29, 1.82) is 0 Å². The molecule has 5 rings (SSSR count). The number of halogens is 1. The van der Waals surface area contributed by atoms with E-state index in [1.807, 2.05) is 32.9 Å². The van der Waals surface area contributed by atoms with Crippen LogP contribution in [-0.2, 0) is 4.79 Å². The van der Waals surface area contributed by atoms with Crippen molar-refractivity contribution in [3.05, 3.63) is 48.3 Å². The molecule has 0 aliphatic carbocycles. The zero-order valence-corrected chi connectivity index (χ0v) is 20.5. The SMILES string of the molecule is COc1ccc(-c2noc(N3CCC(C(=O)N4CCN(c5ccccc5F)CC4)CC3)n2)cc1OC. The van der Waals surface area contributed by atoms with Gasteiger partial charge in [-0.05, 0) is 43.2 Å². The van der Waals surface area contributed by atoms with Crippen molar-refractivity contribution in [2.24, 2.45) is 5.92 Å². The number of piperazine rings is 1. The molecule has 2 aromatic carbocycles. The van der Waals surface area contributed by atoms with E-state index in [0.29, 0.717) is 68.3 Å². The van der Waals surface area contributed by atoms with Gasteiger partial charge in [0.1, 0.15) is 5.82 Å². The van der Waals surface area contributed by atoms with E-state index < -0.39 is 0 Å². The summed E-state index contributed by atoms with van der Waals surface area (Å²) in [6.07, 6.45) is 1.45. The molecule has 1 aromatic heterocycles. The lowest BCUT2D eigenvalue weighted by Crippen LogP contribution is -2.52. The van der Waals surface area contributed by atoms with E-state index in [1.54, 1.807) is 32.4 Å². The van der Waals surface area contributed by atoms with Gasteiger partial charge in [-0.1, -0.05) is 17.3 Å². The van der Waals surface area contributed by atoms with Crippen molar-refractivity contribution in [2.45, 2.75) is 12.8 Å². The molecule has 0 unspecified atom stereocenters. The fourth-order valence-corrected chi connectivity index (χ4v) is 4.89. The maximum absolute atomic E-state index is 14.1. The Morgan fingerprint density at radius 2 is 1.67 bits per heavy atom. The van der Waals surface area contributed by atoms with Crippen LogP contribution in [0.2, 0.25) is 0 Å². The molecule has 0 N–H and O–H groups in total. The number of benzene rings is 2. The molecule has 0 spiro atoms. The molecular formula is C26H30FN5O4. The Morgan fingerprint density at radius 1 is 0.944 bits per heavy atom. The highest BCUT2D eigenvalue weighted by Gasteiger charge is 2.32. The van der Waals surface area contributed by atoms with Crippen molar-refractivity contribution < 1.29 is 23.2 Å². The first kappa shape index (κ1) is 23.9. The van der Waals surface area contributed by atoms with Crippen molar-refractivity contribution >= 4 is 17.6 Å². The second-order valence-corrected chi connectivity index (χ2v) is 9.00. The Morgan fingerprint density at radius 3 is 2.36 bits per heavy atom. The number of methoxy groups -OCH3 is 2. The van der Waals surface area contributed by atoms with Gasteiger partial charge in [-0.2, -0.15) is 4.98 Å². The number of ether oxygens (including phenoxy) is 2. The molecule has 9 nitrogen and oxygen atoms in total. The highest BCUT2D eigenvalue weighted by molar-refractivity contribution is 5.79. The fourth-order valence-electron chi connectivity index (χ4n) is 4.89. The predicted molar refractivity (Wildman–Crippen MR) is 133 cm³/mol. The van der Waals surface area contributed by atoms with Gasteiger partial charge in [0.2, 0.25) is 11.7 Å². The highest BCUT2D eigenvalue weighted by atomic mass is 19.1. The third-order valence-electron chi connectivity index (χ3n) is 6.96. The van der Waals surface area contributed by atoms with Crippen molar-refractivity contribution in [1.82, 2.24) is 15.0 Å². The number of carbonyl (C=O) groups is 1. The molecule has 2 fully saturated rings. The number of piperidine rings is 1. The van der Waals surface area contributed by atoms with Crippen molar-refractivity contribution in [3.8, 4) is 22.9 Å². The molecule has 2 aliphatic rings. The maximum Gasteiger partial charge on any atom is 0.324 e. The normalized spacial score (nSPS) is 16.8. The Balaban J connectivity index is 1.15. The summed E-state index contributed by atoms with van der Waals surface area (Å²) in [6, 6.07) is 12.7. The monoisotopic (exact) mass is 495 g/mol. The fraction of sp³-hybridized carbons (Fsp3) is 0.423. The second-order valence-electron chi connectivity index (χ2n) is 9.00. The molecule has 2 saturated heterocycles. The lowest BCUT2D eigenvalue weighted by molar-refractivity contribution is -0.136. The number of rotatable bonds is 6. The first-order valence-corrected chi connectivity index (χ1v) is 12.2. The number of hydrogen-bond donors (Lipinski definition) is 0. The minimum absolute atomic E-state index is 0.0329. The first-order valence-electron chi connectivity index (χ1n) is 12.2. The molecule has 0 atom stereocenters. The van der Waals surface area contributed by atoms with Crippen LogP contribution in [0, 0.1) is 11.7 Å². The summed E-state index contributed by atoms with van der Waals surface area (Å²) in [5.41, 5.74) is 1.37. The molecule has 0 bridgehead atoms. The van der Waals surface area contributed by atoms with Crippen LogP contribution in [0.1, 0.15) is 12.8 Å². The lowest BCUT2D eigenvalue weighted by atomic mass is 9.95. The number of carbonyl (C=O) groups excluding carboxylic acids is 1. The molecular weight excluding hydrogens is 465 g/mol. The smallest absolute Gasteiger partial charge is 0.324 e. The summed E-state index contributed by atoms with van der Waals surface area (Å²) in [4.78, 5) is 23.7. The average molecular weight is 496 g/mol. The summed E-state index contributed by atoms with van der Waals surface area (Å²) in [5.74, 6) is 1.62. The topological polar surface area (TPSA) is 84.2 Å². The van der Waals surface area contributed by atoms with E-state index in [-0.39, 0.29) is 17.6 Å². The zero-order valence-electron chi connectivity index (χ0n) is 20.5. The van der Waals surface area contributed by atoms with E-state index in [2.05, 4.69) is 10.1 Å². The summed E-state index contributed by atoms with van der Waals surface area (Å²) >= 11 is 0. The molecule has 190 valence electrons. The summed E-state index contributed by atoms with van der Waals surface area (Å²) in [7, 11) is 3.17. The number of hydrogen-bond acceptors (Lipinski definition) is 8. The number of anilines is 2. The van der Waals surface area contributed by atoms with Crippen LogP contribution >= 0.6 is 0 Å². The van der Waals surface area contributed by atoms with Gasteiger partial charge >= 0.3 is 6.01 Å². The van der Waals surface area contributed by atoms with Gasteiger partial charge in [0, 0.05) is 50.7 Å². The summed E-state index contributed by atoms with van der Waals surface area (Å²) in [5, 5.41) is 4.13. The maximum atomic E-state index is 14.1. The van der Waals surface area contributed by atoms with Gasteiger partial charge < -0.3 is 28.7 Å². The Hall–Kier alpha value is -3.82. The molecule has 3 aromatic rings. The van der Waals surface area contributed by atoms with Gasteiger partial charge in [0.05, 0.1) is 19.9 Å². The Bertz CT molecular complexity index is 1200. The van der Waals surface area contributed by atoms with Crippen LogP contribution in [0.5, 0.6) is 11.5 Å². The van der Waals surface area contributed by atoms with Gasteiger partial charge in [0.15, 0.2) is 11.5 Å². The Kier molecular flexibility index (Phi) is 6.92. The number of nitrogens with zero attached hydrogens (tertiary/aromatic N) is 5. The van der Waals surface area contributed by atoms with Gasteiger partial charge in [-0.3, -0.25) is 4.79 Å². The van der Waals surface area contributed by atoms with E-state index in [0.717, 1.165) is 18.4 Å². The molecule has 36 heavy (non-hydrogen) atoms. The highest BCUT2D eigenvalue weighted by Crippen LogP contribution is 2.32. The molecule has 0 saturated carbocycles. The van der Waals surface area contributed by atoms with Crippen LogP contribution in [0.15, 0.2) is 47.0 Å². The van der Waals surface area contributed by atoms with Crippen LogP contribution in [-0.4, -0.2) is 74.4 Å². The second kappa shape index (κ2) is 10.4. The largest absolute Gasteiger partial charge is 0.493 e. The standard InChI is InChI=1S/C26H30FN5O4/c1-34-22-8-7-19(17-23(22)35-2)24-28-26(36-29-24)32-11-9-18(10-12-32)25(33)31-15-13-30(14-16-31)21-6-4-3-5-20(21)27/h3-8,17-18H,9-16H2,1-2H3. The van der Waals surface area contributed by atoms with Crippen LogP contribution < -0.4 is 19.3 Å². The average Bonchev–Trinajstić information content (AvgIpc) is 3.43. The molecule has 1 amide bonds. The van der Waals surface area contributed by atoms with Crippen molar-refractivity contribution in [2.75, 3.05) is 63.3 Å². The molecule has 10 heteroatoms. The third-order valence-corrected chi connectivity index (χ3v) is 6.96. The van der Waals surface area contributed by atoms with Gasteiger partial charge in [0.25, 0.3) is 0 Å². The van der Waals surface area contributed by atoms with E-state index in [1.165, 1.54) is 6.07 Å². The number of amides is 1. The third kappa shape index (κ3) is 4.80. The summed E-state index contributed by atoms with van der Waals surface area (Å²) in [6.45, 7) is 3.80. The predicted octanol–water partition coefficient (Wildman–Crippen LogP) is 3.46. The Labute approximate surface area is 209 Å². The van der Waals surface area contributed by atoms with Crippen LogP contribution in [0.4, 0.5) is 16.1 Å². The lowest BCUT2D eigenvalue weighted by Gasteiger charge is -2.39. The van der Waals surface area contributed by atoms with Gasteiger partial charge in [-0.25, -0.2) is 4.39 Å². The van der Waals surface area contributed by atoms with Gasteiger partial charge in [-0.15, -0.1) is 0 Å². The van der Waals surface area contributed by atoms with E-state index in [4.69, 9.17) is 14.0 Å². The molecule has 3 heterocycles. The molecule has 2 aliphatic heterocycles. The first-order chi connectivity index (χ1) is 17.6. The van der Waals surface area contributed by atoms with Crippen LogP contribution in [0.3, 0.4) is 0 Å². The summed E-state index contributed by atoms with van der Waals surface area (Å²) < 4.78 is 30.3. The quantitative estimate of drug-likeness (QED) is 0.514. The number of aromatic nitrogens is 2. The molecule has 0 radical (unpaired) electrons.